The van der Waals surface area contributed by atoms with Crippen molar-refractivity contribution < 1.29 is 9.18 Å². The highest BCUT2D eigenvalue weighted by molar-refractivity contribution is 9.10. The zero-order chi connectivity index (χ0) is 14.5. The van der Waals surface area contributed by atoms with Crippen molar-refractivity contribution in [1.82, 2.24) is 0 Å². The van der Waals surface area contributed by atoms with Gasteiger partial charge in [0.1, 0.15) is 5.82 Å². The average Bonchev–Trinajstić information content (AvgIpc) is 2.41. The fourth-order valence-corrected chi connectivity index (χ4v) is 2.55. The lowest BCUT2D eigenvalue weighted by Crippen LogP contribution is -2.15. The second-order valence-corrected chi connectivity index (χ2v) is 6.24. The molecule has 0 fully saturated rings. The number of aryl methyl sites for hydroxylation is 1. The van der Waals surface area contributed by atoms with Gasteiger partial charge in [-0.1, -0.05) is 22.0 Å². The van der Waals surface area contributed by atoms with Crippen LogP contribution in [0.3, 0.4) is 0 Å². The van der Waals surface area contributed by atoms with E-state index in [0.717, 1.165) is 14.9 Å². The fraction of sp³-hybridized carbons (Fsp3) is 0.133. The summed E-state index contributed by atoms with van der Waals surface area (Å²) in [6.45, 7) is 1.80. The Morgan fingerprint density at radius 2 is 1.95 bits per heavy atom. The Morgan fingerprint density at radius 3 is 2.60 bits per heavy atom. The largest absolute Gasteiger partial charge is 0.323 e. The Kier molecular flexibility index (Phi) is 5.20. The molecule has 2 aromatic rings. The number of hydrogen-bond donors (Lipinski definition) is 1. The first kappa shape index (κ1) is 15.1. The fourth-order valence-electron chi connectivity index (χ4n) is 1.59. The monoisotopic (exact) mass is 353 g/mol. The standard InChI is InChI=1S/C15H13BrFNOS/c1-10-2-7-14(13(17)8-10)18-15(19)9-20-12-5-3-11(16)4-6-12/h2-8H,9H2,1H3,(H,18,19). The van der Waals surface area contributed by atoms with Crippen molar-refractivity contribution in [2.24, 2.45) is 0 Å². The third kappa shape index (κ3) is 4.35. The lowest BCUT2D eigenvalue weighted by Gasteiger charge is -2.07. The van der Waals surface area contributed by atoms with Crippen molar-refractivity contribution in [2.45, 2.75) is 11.8 Å². The molecule has 104 valence electrons. The number of carbonyl (C=O) groups excluding carboxylic acids is 1. The van der Waals surface area contributed by atoms with Gasteiger partial charge >= 0.3 is 0 Å². The second kappa shape index (κ2) is 6.90. The minimum Gasteiger partial charge on any atom is -0.323 e. The molecule has 2 nitrogen and oxygen atoms in total. The minimum atomic E-state index is -0.410. The minimum absolute atomic E-state index is 0.219. The van der Waals surface area contributed by atoms with Gasteiger partial charge in [0, 0.05) is 9.37 Å². The third-order valence-electron chi connectivity index (χ3n) is 2.58. The molecule has 0 aliphatic rings. The van der Waals surface area contributed by atoms with Crippen LogP contribution in [-0.4, -0.2) is 11.7 Å². The van der Waals surface area contributed by atoms with Crippen molar-refractivity contribution in [3.63, 3.8) is 0 Å². The lowest BCUT2D eigenvalue weighted by molar-refractivity contribution is -0.113. The van der Waals surface area contributed by atoms with Crippen LogP contribution in [0.2, 0.25) is 0 Å². The normalized spacial score (nSPS) is 10.3. The van der Waals surface area contributed by atoms with Crippen LogP contribution < -0.4 is 5.32 Å². The summed E-state index contributed by atoms with van der Waals surface area (Å²) in [7, 11) is 0. The highest BCUT2D eigenvalue weighted by Crippen LogP contribution is 2.21. The Bertz CT molecular complexity index is 616. The molecule has 0 spiro atoms. The lowest BCUT2D eigenvalue weighted by atomic mass is 10.2. The maximum absolute atomic E-state index is 13.6. The van der Waals surface area contributed by atoms with E-state index in [4.69, 9.17) is 0 Å². The number of rotatable bonds is 4. The Labute approximate surface area is 129 Å². The average molecular weight is 354 g/mol. The van der Waals surface area contributed by atoms with E-state index in [1.165, 1.54) is 17.8 Å². The molecule has 0 aromatic heterocycles. The molecular weight excluding hydrogens is 341 g/mol. The first-order valence-electron chi connectivity index (χ1n) is 5.99. The summed E-state index contributed by atoms with van der Waals surface area (Å²) in [6, 6.07) is 12.4. The second-order valence-electron chi connectivity index (χ2n) is 4.27. The van der Waals surface area contributed by atoms with Crippen LogP contribution in [-0.2, 0) is 4.79 Å². The molecule has 1 amide bonds. The third-order valence-corrected chi connectivity index (χ3v) is 4.12. The molecule has 20 heavy (non-hydrogen) atoms. The maximum atomic E-state index is 13.6. The van der Waals surface area contributed by atoms with Gasteiger partial charge in [0.05, 0.1) is 11.4 Å². The summed E-state index contributed by atoms with van der Waals surface area (Å²) in [5.41, 5.74) is 1.04. The molecule has 5 heteroatoms. The number of amides is 1. The predicted octanol–water partition coefficient (Wildman–Crippen LogP) is 4.63. The van der Waals surface area contributed by atoms with Crippen molar-refractivity contribution in [3.8, 4) is 0 Å². The van der Waals surface area contributed by atoms with Gasteiger partial charge in [-0.3, -0.25) is 4.79 Å². The first-order valence-corrected chi connectivity index (χ1v) is 7.77. The molecule has 0 bridgehead atoms. The molecule has 0 saturated heterocycles. The van der Waals surface area contributed by atoms with Crippen LogP contribution in [0.15, 0.2) is 51.8 Å². The van der Waals surface area contributed by atoms with Gasteiger partial charge < -0.3 is 5.32 Å². The van der Waals surface area contributed by atoms with Crippen LogP contribution in [0, 0.1) is 12.7 Å². The van der Waals surface area contributed by atoms with E-state index < -0.39 is 5.82 Å². The molecule has 0 aliphatic carbocycles. The number of benzene rings is 2. The topological polar surface area (TPSA) is 29.1 Å². The molecular formula is C15H13BrFNOS. The summed E-state index contributed by atoms with van der Waals surface area (Å²) in [4.78, 5) is 12.8. The summed E-state index contributed by atoms with van der Waals surface area (Å²) < 4.78 is 14.6. The van der Waals surface area contributed by atoms with Gasteiger partial charge in [0.15, 0.2) is 0 Å². The van der Waals surface area contributed by atoms with Crippen LogP contribution in [0.25, 0.3) is 0 Å². The number of hydrogen-bond acceptors (Lipinski definition) is 2. The van der Waals surface area contributed by atoms with Crippen LogP contribution in [0.1, 0.15) is 5.56 Å². The number of carbonyl (C=O) groups is 1. The van der Waals surface area contributed by atoms with Gasteiger partial charge in [-0.2, -0.15) is 0 Å². The van der Waals surface area contributed by atoms with E-state index in [9.17, 15) is 9.18 Å². The molecule has 0 saturated carbocycles. The Hall–Kier alpha value is -1.33. The number of anilines is 1. The van der Waals surface area contributed by atoms with E-state index in [1.807, 2.05) is 24.3 Å². The Morgan fingerprint density at radius 1 is 1.25 bits per heavy atom. The van der Waals surface area contributed by atoms with E-state index in [2.05, 4.69) is 21.2 Å². The first-order chi connectivity index (χ1) is 9.54. The molecule has 0 radical (unpaired) electrons. The molecule has 2 aromatic carbocycles. The zero-order valence-electron chi connectivity index (χ0n) is 10.8. The molecule has 2 rings (SSSR count). The van der Waals surface area contributed by atoms with Gasteiger partial charge in [-0.25, -0.2) is 4.39 Å². The van der Waals surface area contributed by atoms with Crippen molar-refractivity contribution in [2.75, 3.05) is 11.1 Å². The van der Waals surface area contributed by atoms with Crippen molar-refractivity contribution in [3.05, 3.63) is 58.3 Å². The number of nitrogens with one attached hydrogen (secondary N) is 1. The van der Waals surface area contributed by atoms with E-state index in [0.29, 0.717) is 0 Å². The van der Waals surface area contributed by atoms with Crippen molar-refractivity contribution in [1.29, 1.82) is 0 Å². The summed E-state index contributed by atoms with van der Waals surface area (Å²) in [5.74, 6) is -0.387. The van der Waals surface area contributed by atoms with E-state index in [1.54, 1.807) is 19.1 Å². The van der Waals surface area contributed by atoms with Crippen LogP contribution in [0.4, 0.5) is 10.1 Å². The molecule has 1 N–H and O–H groups in total. The Balaban J connectivity index is 1.90. The molecule has 0 atom stereocenters. The number of halogens is 2. The summed E-state index contributed by atoms with van der Waals surface area (Å²) in [6.07, 6.45) is 0. The smallest absolute Gasteiger partial charge is 0.234 e. The zero-order valence-corrected chi connectivity index (χ0v) is 13.2. The van der Waals surface area contributed by atoms with E-state index in [-0.39, 0.29) is 17.3 Å². The van der Waals surface area contributed by atoms with Crippen molar-refractivity contribution >= 4 is 39.3 Å². The summed E-state index contributed by atoms with van der Waals surface area (Å²) >= 11 is 4.76. The molecule has 0 aliphatic heterocycles. The van der Waals surface area contributed by atoms with Gasteiger partial charge in [-0.05, 0) is 48.9 Å². The number of thioether (sulfide) groups is 1. The highest BCUT2D eigenvalue weighted by atomic mass is 79.9. The quantitative estimate of drug-likeness (QED) is 0.812. The summed E-state index contributed by atoms with van der Waals surface area (Å²) in [5, 5.41) is 2.58. The maximum Gasteiger partial charge on any atom is 0.234 e. The van der Waals surface area contributed by atoms with Crippen LogP contribution >= 0.6 is 27.7 Å². The van der Waals surface area contributed by atoms with Gasteiger partial charge in [0.2, 0.25) is 5.91 Å². The molecule has 0 unspecified atom stereocenters. The highest BCUT2D eigenvalue weighted by Gasteiger charge is 2.07. The van der Waals surface area contributed by atoms with Crippen LogP contribution in [0.5, 0.6) is 0 Å². The predicted molar refractivity (Wildman–Crippen MR) is 84.6 cm³/mol. The van der Waals surface area contributed by atoms with Gasteiger partial charge in [0.25, 0.3) is 0 Å². The molecule has 0 heterocycles. The van der Waals surface area contributed by atoms with Gasteiger partial charge in [-0.15, -0.1) is 11.8 Å². The SMILES string of the molecule is Cc1ccc(NC(=O)CSc2ccc(Br)cc2)c(F)c1. The van der Waals surface area contributed by atoms with E-state index >= 15 is 0 Å².